The van der Waals surface area contributed by atoms with E-state index >= 15 is 0 Å². The Morgan fingerprint density at radius 2 is 1.96 bits per heavy atom. The third kappa shape index (κ3) is 5.08. The molecule has 2 N–H and O–H groups in total. The molecule has 1 aromatic heterocycles. The molecule has 0 aliphatic carbocycles. The first-order valence-corrected chi connectivity index (χ1v) is 8.09. The Hall–Kier alpha value is -1.92. The first-order valence-electron chi connectivity index (χ1n) is 8.09. The van der Waals surface area contributed by atoms with Crippen molar-refractivity contribution in [1.29, 1.82) is 0 Å². The summed E-state index contributed by atoms with van der Waals surface area (Å²) in [6, 6.07) is 2.61. The number of fused-ring (bicyclic) bond motifs is 1. The van der Waals surface area contributed by atoms with Gasteiger partial charge in [-0.2, -0.15) is 13.2 Å². The van der Waals surface area contributed by atoms with Gasteiger partial charge in [-0.3, -0.25) is 4.99 Å². The molecule has 2 aromatic rings. The molecular formula is C16H19F4IN6. The second kappa shape index (κ2) is 8.85. The van der Waals surface area contributed by atoms with E-state index in [1.807, 2.05) is 4.57 Å². The van der Waals surface area contributed by atoms with Crippen LogP contribution in [0.15, 0.2) is 23.2 Å². The normalized spacial score (nSPS) is 13.9. The molecular weight excluding hydrogens is 479 g/mol. The van der Waals surface area contributed by atoms with Crippen LogP contribution in [0.25, 0.3) is 0 Å². The van der Waals surface area contributed by atoms with Gasteiger partial charge in [0.15, 0.2) is 11.8 Å². The summed E-state index contributed by atoms with van der Waals surface area (Å²) in [4.78, 5) is 3.99. The van der Waals surface area contributed by atoms with Crippen LogP contribution >= 0.6 is 24.0 Å². The molecule has 0 saturated heterocycles. The van der Waals surface area contributed by atoms with Gasteiger partial charge in [0.2, 0.25) is 0 Å². The number of nitrogens with one attached hydrogen (secondary N) is 2. The number of rotatable bonds is 4. The number of benzene rings is 1. The fourth-order valence-corrected chi connectivity index (χ4v) is 2.87. The highest BCUT2D eigenvalue weighted by molar-refractivity contribution is 14.0. The Morgan fingerprint density at radius 1 is 1.22 bits per heavy atom. The second-order valence-corrected chi connectivity index (χ2v) is 5.87. The van der Waals surface area contributed by atoms with Gasteiger partial charge in [-0.05, 0) is 24.1 Å². The summed E-state index contributed by atoms with van der Waals surface area (Å²) in [5, 5.41) is 14.0. The Morgan fingerprint density at radius 3 is 2.67 bits per heavy atom. The van der Waals surface area contributed by atoms with Crippen LogP contribution in [0, 0.1) is 5.82 Å². The monoisotopic (exact) mass is 498 g/mol. The number of nitrogens with zero attached hydrogens (tertiary/aromatic N) is 4. The molecule has 0 atom stereocenters. The van der Waals surface area contributed by atoms with Crippen LogP contribution < -0.4 is 10.6 Å². The van der Waals surface area contributed by atoms with E-state index in [4.69, 9.17) is 0 Å². The highest BCUT2D eigenvalue weighted by Gasteiger charge is 2.33. The van der Waals surface area contributed by atoms with Gasteiger partial charge in [0.1, 0.15) is 11.6 Å². The molecule has 0 bridgehead atoms. The number of aryl methyl sites for hydroxylation is 1. The van der Waals surface area contributed by atoms with Gasteiger partial charge >= 0.3 is 6.18 Å². The maximum Gasteiger partial charge on any atom is 0.416 e. The van der Waals surface area contributed by atoms with E-state index in [0.29, 0.717) is 18.6 Å². The van der Waals surface area contributed by atoms with Crippen molar-refractivity contribution in [2.75, 3.05) is 7.05 Å². The largest absolute Gasteiger partial charge is 0.416 e. The maximum absolute atomic E-state index is 13.2. The van der Waals surface area contributed by atoms with Gasteiger partial charge < -0.3 is 15.2 Å². The topological polar surface area (TPSA) is 67.1 Å². The number of hydrogen-bond acceptors (Lipinski definition) is 3. The molecule has 0 radical (unpaired) electrons. The summed E-state index contributed by atoms with van der Waals surface area (Å²) in [7, 11) is 1.51. The zero-order chi connectivity index (χ0) is 18.7. The molecule has 0 saturated carbocycles. The molecule has 3 rings (SSSR count). The van der Waals surface area contributed by atoms with Gasteiger partial charge in [0.25, 0.3) is 0 Å². The average Bonchev–Trinajstić information content (AvgIpc) is 3.19. The van der Waals surface area contributed by atoms with Crippen molar-refractivity contribution in [3.05, 3.63) is 46.8 Å². The van der Waals surface area contributed by atoms with E-state index in [1.165, 1.54) is 7.05 Å². The molecule has 1 aliphatic rings. The lowest BCUT2D eigenvalue weighted by molar-refractivity contribution is -0.138. The minimum absolute atomic E-state index is 0. The Labute approximate surface area is 170 Å². The molecule has 0 fully saturated rings. The van der Waals surface area contributed by atoms with Crippen LogP contribution in [0.4, 0.5) is 17.6 Å². The summed E-state index contributed by atoms with van der Waals surface area (Å²) in [6.45, 7) is 1.06. The van der Waals surface area contributed by atoms with Crippen LogP contribution in [0.2, 0.25) is 0 Å². The van der Waals surface area contributed by atoms with Crippen LogP contribution in [-0.4, -0.2) is 27.8 Å². The zero-order valence-corrected chi connectivity index (χ0v) is 16.8. The lowest BCUT2D eigenvalue weighted by Crippen LogP contribution is -2.37. The number of aliphatic imine (C=N–C) groups is 1. The third-order valence-corrected chi connectivity index (χ3v) is 4.15. The maximum atomic E-state index is 13.2. The molecule has 11 heteroatoms. The van der Waals surface area contributed by atoms with E-state index < -0.39 is 17.6 Å². The van der Waals surface area contributed by atoms with Crippen molar-refractivity contribution >= 4 is 29.9 Å². The minimum Gasteiger partial charge on any atom is -0.352 e. The Bertz CT molecular complexity index is 818. The number of halogens is 5. The van der Waals surface area contributed by atoms with Gasteiger partial charge in [0.05, 0.1) is 12.1 Å². The van der Waals surface area contributed by atoms with Crippen molar-refractivity contribution in [2.45, 2.75) is 38.7 Å². The molecule has 2 heterocycles. The lowest BCUT2D eigenvalue weighted by atomic mass is 10.1. The van der Waals surface area contributed by atoms with Crippen molar-refractivity contribution in [2.24, 2.45) is 4.99 Å². The van der Waals surface area contributed by atoms with Crippen LogP contribution in [0.5, 0.6) is 0 Å². The van der Waals surface area contributed by atoms with Crippen LogP contribution in [-0.2, 0) is 32.2 Å². The fraction of sp³-hybridized carbons (Fsp3) is 0.438. The Balaban J connectivity index is 0.00000261. The Kier molecular flexibility index (Phi) is 7.00. The van der Waals surface area contributed by atoms with E-state index in [1.54, 1.807) is 0 Å². The summed E-state index contributed by atoms with van der Waals surface area (Å²) in [5.41, 5.74) is -1.07. The predicted octanol–water partition coefficient (Wildman–Crippen LogP) is 2.87. The van der Waals surface area contributed by atoms with Crippen molar-refractivity contribution in [3.8, 4) is 0 Å². The molecule has 6 nitrogen and oxygen atoms in total. The SMILES string of the molecule is CN=C(NCc1ccc(F)cc1C(F)(F)F)NCc1nnc2n1CCC2.I. The third-order valence-electron chi connectivity index (χ3n) is 4.15. The predicted molar refractivity (Wildman–Crippen MR) is 102 cm³/mol. The van der Waals surface area contributed by atoms with E-state index in [-0.39, 0.29) is 36.1 Å². The van der Waals surface area contributed by atoms with Crippen LogP contribution in [0.3, 0.4) is 0 Å². The van der Waals surface area contributed by atoms with Crippen molar-refractivity contribution in [3.63, 3.8) is 0 Å². The minimum atomic E-state index is -4.63. The lowest BCUT2D eigenvalue weighted by Gasteiger charge is -2.16. The number of guanidine groups is 1. The molecule has 0 unspecified atom stereocenters. The summed E-state index contributed by atoms with van der Waals surface area (Å²) >= 11 is 0. The van der Waals surface area contributed by atoms with Gasteiger partial charge in [-0.1, -0.05) is 6.07 Å². The first kappa shape index (κ1) is 21.4. The van der Waals surface area contributed by atoms with Crippen molar-refractivity contribution in [1.82, 2.24) is 25.4 Å². The quantitative estimate of drug-likeness (QED) is 0.295. The van der Waals surface area contributed by atoms with Crippen molar-refractivity contribution < 1.29 is 17.6 Å². The average molecular weight is 498 g/mol. The molecule has 0 spiro atoms. The van der Waals surface area contributed by atoms with Crippen LogP contribution in [0.1, 0.15) is 29.2 Å². The highest BCUT2D eigenvalue weighted by Crippen LogP contribution is 2.32. The molecule has 27 heavy (non-hydrogen) atoms. The van der Waals surface area contributed by atoms with E-state index in [9.17, 15) is 17.6 Å². The first-order chi connectivity index (χ1) is 12.4. The zero-order valence-electron chi connectivity index (χ0n) is 14.5. The van der Waals surface area contributed by atoms with Gasteiger partial charge in [-0.15, -0.1) is 34.2 Å². The molecule has 148 valence electrons. The standard InChI is InChI=1S/C16H18F4N6.HI/c1-21-15(23-9-14-25-24-13-3-2-6-26(13)14)22-8-10-4-5-11(17)7-12(10)16(18,19)20;/h4-5,7H,2-3,6,8-9H2,1H3,(H2,21,22,23);1H. The number of alkyl halides is 3. The van der Waals surface area contributed by atoms with E-state index in [2.05, 4.69) is 25.8 Å². The van der Waals surface area contributed by atoms with E-state index in [0.717, 1.165) is 43.2 Å². The molecule has 1 aromatic carbocycles. The van der Waals surface area contributed by atoms with Gasteiger partial charge in [0, 0.05) is 26.6 Å². The fourth-order valence-electron chi connectivity index (χ4n) is 2.87. The summed E-state index contributed by atoms with van der Waals surface area (Å²) < 4.78 is 54.3. The highest BCUT2D eigenvalue weighted by atomic mass is 127. The summed E-state index contributed by atoms with van der Waals surface area (Å²) in [5.74, 6) is 1.08. The number of aromatic nitrogens is 3. The van der Waals surface area contributed by atoms with Gasteiger partial charge in [-0.25, -0.2) is 4.39 Å². The second-order valence-electron chi connectivity index (χ2n) is 5.87. The number of hydrogen-bond donors (Lipinski definition) is 2. The molecule has 0 amide bonds. The molecule has 1 aliphatic heterocycles. The smallest absolute Gasteiger partial charge is 0.352 e. The summed E-state index contributed by atoms with van der Waals surface area (Å²) in [6.07, 6.45) is -2.71.